The number of hydrogen-bond donors (Lipinski definition) is 2. The zero-order valence-electron chi connectivity index (χ0n) is 8.22. The van der Waals surface area contributed by atoms with Crippen molar-refractivity contribution in [2.24, 2.45) is 5.89 Å². The predicted octanol–water partition coefficient (Wildman–Crippen LogP) is -0.159. The van der Waals surface area contributed by atoms with Gasteiger partial charge >= 0.3 is 0 Å². The third-order valence-electron chi connectivity index (χ3n) is 1.77. The summed E-state index contributed by atoms with van der Waals surface area (Å²) < 4.78 is 28.2. The Labute approximate surface area is 67.4 Å². The second-order valence-electron chi connectivity index (χ2n) is 2.40. The highest BCUT2D eigenvalue weighted by atomic mass is 19.1. The molecular formula is C7H12FNO2. The molecule has 0 saturated carbocycles. The lowest BCUT2D eigenvalue weighted by Gasteiger charge is -2.14. The first-order valence-corrected chi connectivity index (χ1v) is 3.51. The molecule has 1 aliphatic rings. The number of carbonyl (C=O) groups excluding carboxylic acids is 1. The Balaban J connectivity index is 3.06. The van der Waals surface area contributed by atoms with Gasteiger partial charge in [-0.05, 0) is 6.42 Å². The summed E-state index contributed by atoms with van der Waals surface area (Å²) in [6, 6.07) is -0.993. The SMILES string of the molecule is [2H][C@]1(CC)[C@@H](CO)NC(=O)[C@@]1([2H])F. The first-order valence-electron chi connectivity index (χ1n) is 4.51. The highest BCUT2D eigenvalue weighted by Crippen LogP contribution is 2.22. The first-order chi connectivity index (χ1) is 5.90. The normalized spacial score (nSPS) is 53.4. The average molecular weight is 163 g/mol. The van der Waals surface area contributed by atoms with E-state index in [1.54, 1.807) is 0 Å². The molecule has 0 bridgehead atoms. The van der Waals surface area contributed by atoms with E-state index in [1.165, 1.54) is 6.92 Å². The van der Waals surface area contributed by atoms with Gasteiger partial charge in [0.2, 0.25) is 0 Å². The van der Waals surface area contributed by atoms with Gasteiger partial charge in [0, 0.05) is 7.26 Å². The van der Waals surface area contributed by atoms with E-state index in [9.17, 15) is 9.18 Å². The van der Waals surface area contributed by atoms with Gasteiger partial charge in [-0.2, -0.15) is 0 Å². The number of aliphatic hydroxyl groups excluding tert-OH is 1. The van der Waals surface area contributed by atoms with Crippen molar-refractivity contribution in [2.75, 3.05) is 6.61 Å². The molecule has 1 amide bonds. The third-order valence-corrected chi connectivity index (χ3v) is 1.77. The molecule has 0 aromatic carbocycles. The summed E-state index contributed by atoms with van der Waals surface area (Å²) in [5.74, 6) is -3.03. The molecule has 0 radical (unpaired) electrons. The number of rotatable bonds is 2. The van der Waals surface area contributed by atoms with Crippen LogP contribution >= 0.6 is 0 Å². The number of carbonyl (C=O) groups is 1. The van der Waals surface area contributed by atoms with E-state index in [-0.39, 0.29) is 6.42 Å². The lowest BCUT2D eigenvalue weighted by molar-refractivity contribution is -0.123. The van der Waals surface area contributed by atoms with Crippen LogP contribution in [0.3, 0.4) is 0 Å². The number of amides is 1. The highest BCUT2D eigenvalue weighted by Gasteiger charge is 2.40. The number of halogens is 1. The van der Waals surface area contributed by atoms with Crippen LogP contribution in [-0.4, -0.2) is 29.8 Å². The molecule has 1 heterocycles. The molecule has 1 saturated heterocycles. The van der Waals surface area contributed by atoms with Crippen molar-refractivity contribution in [1.29, 1.82) is 0 Å². The molecule has 64 valence electrons. The van der Waals surface area contributed by atoms with E-state index in [2.05, 4.69) is 5.32 Å². The van der Waals surface area contributed by atoms with Crippen molar-refractivity contribution in [1.82, 2.24) is 5.32 Å². The molecule has 2 N–H and O–H groups in total. The quantitative estimate of drug-likeness (QED) is 0.594. The second kappa shape index (κ2) is 3.17. The number of alkyl halides is 1. The van der Waals surface area contributed by atoms with Gasteiger partial charge in [-0.3, -0.25) is 4.79 Å². The van der Waals surface area contributed by atoms with Gasteiger partial charge in [0.1, 0.15) is 0 Å². The molecule has 1 fully saturated rings. The molecular weight excluding hydrogens is 149 g/mol. The number of hydrogen-bond acceptors (Lipinski definition) is 2. The number of nitrogens with one attached hydrogen (secondary N) is 1. The van der Waals surface area contributed by atoms with E-state index in [0.717, 1.165) is 0 Å². The maximum Gasteiger partial charge on any atom is 0.255 e. The van der Waals surface area contributed by atoms with Gasteiger partial charge in [-0.25, -0.2) is 4.39 Å². The van der Waals surface area contributed by atoms with Gasteiger partial charge in [0.15, 0.2) is 6.15 Å². The Hall–Kier alpha value is -0.640. The molecule has 0 aromatic rings. The van der Waals surface area contributed by atoms with Gasteiger partial charge in [-0.1, -0.05) is 6.92 Å². The van der Waals surface area contributed by atoms with Crippen LogP contribution in [0.2, 0.25) is 0 Å². The Bertz CT molecular complexity index is 237. The molecule has 3 nitrogen and oxygen atoms in total. The standard InChI is InChI=1S/C7H12FNO2/c1-2-4-5(3-10)9-7(11)6(4)8/h4-6,10H,2-3H2,1H3,(H,9,11)/t4-,5+,6-/m0/s1/i4D,6D. The molecule has 4 heteroatoms. The molecule has 0 unspecified atom stereocenters. The summed E-state index contributed by atoms with van der Waals surface area (Å²) in [7, 11) is 0. The maximum atomic E-state index is 13.4. The van der Waals surface area contributed by atoms with E-state index in [1.807, 2.05) is 0 Å². The van der Waals surface area contributed by atoms with Crippen LogP contribution in [0.4, 0.5) is 4.39 Å². The van der Waals surface area contributed by atoms with Gasteiger partial charge in [0.05, 0.1) is 14.0 Å². The summed E-state index contributed by atoms with van der Waals surface area (Å²) in [5.41, 5.74) is 0. The summed E-state index contributed by atoms with van der Waals surface area (Å²) >= 11 is 0. The molecule has 1 aliphatic heterocycles. The van der Waals surface area contributed by atoms with Crippen LogP contribution in [0.25, 0.3) is 0 Å². The molecule has 3 atom stereocenters. The minimum Gasteiger partial charge on any atom is -0.394 e. The zero-order chi connectivity index (χ0) is 10.3. The van der Waals surface area contributed by atoms with Crippen LogP contribution in [-0.2, 0) is 4.79 Å². The van der Waals surface area contributed by atoms with Crippen LogP contribution in [0.5, 0.6) is 0 Å². The fourth-order valence-electron chi connectivity index (χ4n) is 1.16. The van der Waals surface area contributed by atoms with Crippen molar-refractivity contribution in [2.45, 2.75) is 25.5 Å². The molecule has 0 aliphatic carbocycles. The largest absolute Gasteiger partial charge is 0.394 e. The minimum atomic E-state index is -2.96. The van der Waals surface area contributed by atoms with Crippen LogP contribution in [0.15, 0.2) is 0 Å². The highest BCUT2D eigenvalue weighted by molar-refractivity contribution is 5.83. The smallest absolute Gasteiger partial charge is 0.255 e. The van der Waals surface area contributed by atoms with Crippen LogP contribution in [0, 0.1) is 5.89 Å². The van der Waals surface area contributed by atoms with E-state index < -0.39 is 30.6 Å². The topological polar surface area (TPSA) is 49.3 Å². The molecule has 1 rings (SSSR count). The Morgan fingerprint density at radius 1 is 1.91 bits per heavy atom. The molecule has 0 spiro atoms. The zero-order valence-corrected chi connectivity index (χ0v) is 6.22. The van der Waals surface area contributed by atoms with Crippen molar-refractivity contribution < 1.29 is 17.0 Å². The molecule has 0 aromatic heterocycles. The molecule has 11 heavy (non-hydrogen) atoms. The summed E-state index contributed by atoms with van der Waals surface area (Å²) in [6.07, 6.45) is -2.97. The Morgan fingerprint density at radius 2 is 2.55 bits per heavy atom. The lowest BCUT2D eigenvalue weighted by atomic mass is 9.97. The fourth-order valence-corrected chi connectivity index (χ4v) is 1.16. The monoisotopic (exact) mass is 163 g/mol. The second-order valence-corrected chi connectivity index (χ2v) is 2.40. The minimum absolute atomic E-state index is 0.00301. The Kier molecular flexibility index (Phi) is 1.71. The third kappa shape index (κ3) is 1.35. The van der Waals surface area contributed by atoms with Crippen molar-refractivity contribution >= 4 is 5.91 Å². The van der Waals surface area contributed by atoms with E-state index in [0.29, 0.717) is 0 Å². The number of aliphatic hydroxyl groups is 1. The van der Waals surface area contributed by atoms with Crippen LogP contribution < -0.4 is 5.32 Å². The van der Waals surface area contributed by atoms with E-state index in [4.69, 9.17) is 7.85 Å². The van der Waals surface area contributed by atoms with E-state index >= 15 is 0 Å². The Morgan fingerprint density at radius 3 is 2.91 bits per heavy atom. The lowest BCUT2D eigenvalue weighted by Crippen LogP contribution is -2.32. The van der Waals surface area contributed by atoms with Crippen molar-refractivity contribution in [3.63, 3.8) is 0 Å². The van der Waals surface area contributed by atoms with Gasteiger partial charge in [-0.15, -0.1) is 0 Å². The predicted molar refractivity (Wildman–Crippen MR) is 37.7 cm³/mol. The summed E-state index contributed by atoms with van der Waals surface area (Å²) in [6.45, 7) is 0.992. The first kappa shape index (κ1) is 5.94. The maximum absolute atomic E-state index is 13.4. The van der Waals surface area contributed by atoms with Gasteiger partial charge < -0.3 is 10.4 Å². The van der Waals surface area contributed by atoms with Gasteiger partial charge in [0.25, 0.3) is 5.91 Å². The fraction of sp³-hybridized carbons (Fsp3) is 0.857. The van der Waals surface area contributed by atoms with Crippen molar-refractivity contribution in [3.8, 4) is 0 Å². The summed E-state index contributed by atoms with van der Waals surface area (Å²) in [4.78, 5) is 10.9. The summed E-state index contributed by atoms with van der Waals surface area (Å²) in [5, 5.41) is 10.9. The van der Waals surface area contributed by atoms with Crippen molar-refractivity contribution in [3.05, 3.63) is 0 Å². The average Bonchev–Trinajstić information content (AvgIpc) is 2.26. The van der Waals surface area contributed by atoms with Crippen LogP contribution in [0.1, 0.15) is 16.1 Å².